The number of rotatable bonds is 6. The van der Waals surface area contributed by atoms with Gasteiger partial charge in [-0.05, 0) is 26.0 Å². The summed E-state index contributed by atoms with van der Waals surface area (Å²) in [6.45, 7) is 4.77. The fourth-order valence-corrected chi connectivity index (χ4v) is 2.85. The molecule has 20 heavy (non-hydrogen) atoms. The Balaban J connectivity index is 2.06. The summed E-state index contributed by atoms with van der Waals surface area (Å²) in [4.78, 5) is 1.15. The smallest absolute Gasteiger partial charge is 0.162 e. The summed E-state index contributed by atoms with van der Waals surface area (Å²) >= 11 is 1.63. The van der Waals surface area contributed by atoms with Gasteiger partial charge in [-0.15, -0.1) is 11.8 Å². The van der Waals surface area contributed by atoms with E-state index in [4.69, 9.17) is 4.74 Å². The Morgan fingerprint density at radius 3 is 2.65 bits per heavy atom. The van der Waals surface area contributed by atoms with Crippen LogP contribution >= 0.6 is 11.8 Å². The third-order valence-electron chi connectivity index (χ3n) is 3.11. The molecule has 0 saturated carbocycles. The Labute approximate surface area is 123 Å². The second-order valence-electron chi connectivity index (χ2n) is 4.55. The maximum atomic E-state index is 10.4. The number of thioether (sulfide) groups is 1. The van der Waals surface area contributed by atoms with Gasteiger partial charge in [0.2, 0.25) is 0 Å². The largest absolute Gasteiger partial charge is 0.493 e. The summed E-state index contributed by atoms with van der Waals surface area (Å²) < 4.78 is 7.04. The topological polar surface area (TPSA) is 47.3 Å². The average Bonchev–Trinajstić information content (AvgIpc) is 2.89. The SMILES string of the molecule is CCn1ncc(OC)c1C(O)CSc1ccc(C)cc1. The second-order valence-corrected chi connectivity index (χ2v) is 5.65. The van der Waals surface area contributed by atoms with Crippen molar-refractivity contribution in [2.75, 3.05) is 12.9 Å². The quantitative estimate of drug-likeness (QED) is 0.831. The van der Waals surface area contributed by atoms with Crippen molar-refractivity contribution < 1.29 is 9.84 Å². The minimum absolute atomic E-state index is 0.575. The van der Waals surface area contributed by atoms with Gasteiger partial charge in [0.1, 0.15) is 11.8 Å². The number of nitrogens with zero attached hydrogens (tertiary/aromatic N) is 2. The number of hydrogen-bond donors (Lipinski definition) is 1. The van der Waals surface area contributed by atoms with Gasteiger partial charge in [-0.25, -0.2) is 0 Å². The number of aliphatic hydroxyl groups excluding tert-OH is 1. The lowest BCUT2D eigenvalue weighted by molar-refractivity contribution is 0.187. The van der Waals surface area contributed by atoms with Gasteiger partial charge in [0, 0.05) is 17.2 Å². The van der Waals surface area contributed by atoms with E-state index < -0.39 is 6.10 Å². The van der Waals surface area contributed by atoms with E-state index in [1.807, 2.05) is 6.92 Å². The highest BCUT2D eigenvalue weighted by molar-refractivity contribution is 7.99. The molecule has 0 aliphatic carbocycles. The molecule has 0 saturated heterocycles. The predicted octanol–water partition coefficient (Wildman–Crippen LogP) is 3.05. The normalized spacial score (nSPS) is 12.4. The summed E-state index contributed by atoms with van der Waals surface area (Å²) in [5.41, 5.74) is 1.98. The fourth-order valence-electron chi connectivity index (χ4n) is 2.01. The van der Waals surface area contributed by atoms with Crippen LogP contribution in [0, 0.1) is 6.92 Å². The van der Waals surface area contributed by atoms with E-state index in [2.05, 4.69) is 36.3 Å². The van der Waals surface area contributed by atoms with Gasteiger partial charge in [0.25, 0.3) is 0 Å². The fraction of sp³-hybridized carbons (Fsp3) is 0.400. The van der Waals surface area contributed by atoms with Crippen molar-refractivity contribution in [2.24, 2.45) is 0 Å². The Bertz CT molecular complexity index is 530. The number of aryl methyl sites for hydroxylation is 2. The van der Waals surface area contributed by atoms with Gasteiger partial charge in [-0.3, -0.25) is 4.68 Å². The molecule has 0 bridgehead atoms. The molecular formula is C15H20N2O2S. The van der Waals surface area contributed by atoms with Gasteiger partial charge in [-0.1, -0.05) is 17.7 Å². The summed E-state index contributed by atoms with van der Waals surface area (Å²) in [6.07, 6.45) is 1.05. The van der Waals surface area contributed by atoms with E-state index in [1.54, 1.807) is 29.8 Å². The summed E-state index contributed by atoms with van der Waals surface area (Å²) in [7, 11) is 1.60. The van der Waals surface area contributed by atoms with Crippen molar-refractivity contribution in [1.29, 1.82) is 0 Å². The third kappa shape index (κ3) is 3.35. The van der Waals surface area contributed by atoms with Gasteiger partial charge in [0.05, 0.1) is 13.3 Å². The first-order chi connectivity index (χ1) is 9.65. The van der Waals surface area contributed by atoms with Crippen LogP contribution in [0.5, 0.6) is 5.75 Å². The molecule has 2 rings (SSSR count). The van der Waals surface area contributed by atoms with Gasteiger partial charge >= 0.3 is 0 Å². The lowest BCUT2D eigenvalue weighted by Gasteiger charge is -2.14. The molecular weight excluding hydrogens is 272 g/mol. The van der Waals surface area contributed by atoms with Crippen LogP contribution in [0.3, 0.4) is 0 Å². The van der Waals surface area contributed by atoms with Crippen LogP contribution in [0.4, 0.5) is 0 Å². The highest BCUT2D eigenvalue weighted by atomic mass is 32.2. The maximum absolute atomic E-state index is 10.4. The monoisotopic (exact) mass is 292 g/mol. The molecule has 1 atom stereocenters. The molecule has 108 valence electrons. The zero-order chi connectivity index (χ0) is 14.5. The summed E-state index contributed by atoms with van der Waals surface area (Å²) in [5.74, 6) is 1.22. The van der Waals surface area contributed by atoms with Crippen LogP contribution in [0.25, 0.3) is 0 Å². The molecule has 4 nitrogen and oxygen atoms in total. The number of hydrogen-bond acceptors (Lipinski definition) is 4. The molecule has 0 aliphatic heterocycles. The Kier molecular flexibility index (Phi) is 5.09. The van der Waals surface area contributed by atoms with Crippen LogP contribution in [0.15, 0.2) is 35.4 Å². The molecule has 0 aliphatic rings. The molecule has 1 aromatic carbocycles. The first-order valence-corrected chi connectivity index (χ1v) is 7.61. The first kappa shape index (κ1) is 14.9. The van der Waals surface area contributed by atoms with Crippen molar-refractivity contribution in [1.82, 2.24) is 9.78 Å². The van der Waals surface area contributed by atoms with Crippen molar-refractivity contribution in [2.45, 2.75) is 31.4 Å². The van der Waals surface area contributed by atoms with Crippen LogP contribution in [-0.2, 0) is 6.54 Å². The molecule has 1 aromatic heterocycles. The highest BCUT2D eigenvalue weighted by Gasteiger charge is 2.19. The minimum Gasteiger partial charge on any atom is -0.493 e. The Hall–Kier alpha value is -1.46. The zero-order valence-electron chi connectivity index (χ0n) is 12.0. The van der Waals surface area contributed by atoms with E-state index in [0.717, 1.165) is 10.6 Å². The Morgan fingerprint density at radius 1 is 1.35 bits per heavy atom. The van der Waals surface area contributed by atoms with E-state index in [0.29, 0.717) is 18.0 Å². The summed E-state index contributed by atoms with van der Waals surface area (Å²) in [5, 5.41) is 14.6. The number of aromatic nitrogens is 2. The predicted molar refractivity (Wildman–Crippen MR) is 81.3 cm³/mol. The number of ether oxygens (including phenoxy) is 1. The Morgan fingerprint density at radius 2 is 2.05 bits per heavy atom. The van der Waals surface area contributed by atoms with Crippen LogP contribution in [-0.4, -0.2) is 27.7 Å². The number of aliphatic hydroxyl groups is 1. The zero-order valence-corrected chi connectivity index (χ0v) is 12.9. The van der Waals surface area contributed by atoms with E-state index in [1.165, 1.54) is 5.56 Å². The standard InChI is InChI=1S/C15H20N2O2S/c1-4-17-15(14(19-3)9-16-17)13(18)10-20-12-7-5-11(2)6-8-12/h5-9,13,18H,4,10H2,1-3H3. The molecule has 2 aromatic rings. The number of benzene rings is 1. The highest BCUT2D eigenvalue weighted by Crippen LogP contribution is 2.30. The van der Waals surface area contributed by atoms with Crippen molar-refractivity contribution in [3.63, 3.8) is 0 Å². The van der Waals surface area contributed by atoms with Crippen molar-refractivity contribution in [3.8, 4) is 5.75 Å². The lowest BCUT2D eigenvalue weighted by atomic mass is 10.2. The number of methoxy groups -OCH3 is 1. The second kappa shape index (κ2) is 6.81. The molecule has 1 N–H and O–H groups in total. The average molecular weight is 292 g/mol. The molecule has 0 spiro atoms. The van der Waals surface area contributed by atoms with Crippen LogP contribution in [0.1, 0.15) is 24.3 Å². The maximum Gasteiger partial charge on any atom is 0.162 e. The van der Waals surface area contributed by atoms with Gasteiger partial charge in [-0.2, -0.15) is 5.10 Å². The lowest BCUT2D eigenvalue weighted by Crippen LogP contribution is -2.11. The minimum atomic E-state index is -0.598. The molecule has 5 heteroatoms. The van der Waals surface area contributed by atoms with Crippen molar-refractivity contribution in [3.05, 3.63) is 41.7 Å². The molecule has 1 heterocycles. The van der Waals surface area contributed by atoms with E-state index in [9.17, 15) is 5.11 Å². The van der Waals surface area contributed by atoms with Crippen LogP contribution < -0.4 is 4.74 Å². The van der Waals surface area contributed by atoms with Crippen molar-refractivity contribution >= 4 is 11.8 Å². The molecule has 0 radical (unpaired) electrons. The first-order valence-electron chi connectivity index (χ1n) is 6.63. The van der Waals surface area contributed by atoms with Gasteiger partial charge < -0.3 is 9.84 Å². The third-order valence-corrected chi connectivity index (χ3v) is 4.20. The van der Waals surface area contributed by atoms with E-state index >= 15 is 0 Å². The molecule has 0 amide bonds. The summed E-state index contributed by atoms with van der Waals surface area (Å²) in [6, 6.07) is 8.29. The molecule has 0 fully saturated rings. The molecule has 1 unspecified atom stereocenters. The van der Waals surface area contributed by atoms with Crippen LogP contribution in [0.2, 0.25) is 0 Å². The van der Waals surface area contributed by atoms with Gasteiger partial charge in [0.15, 0.2) is 5.75 Å². The van der Waals surface area contributed by atoms with E-state index in [-0.39, 0.29) is 0 Å².